The third-order valence-electron chi connectivity index (χ3n) is 4.65. The Morgan fingerprint density at radius 1 is 1.00 bits per heavy atom. The minimum Gasteiger partial charge on any atom is -0.454 e. The van der Waals surface area contributed by atoms with Gasteiger partial charge in [-0.3, -0.25) is 4.79 Å². The van der Waals surface area contributed by atoms with Crippen LogP contribution in [0.1, 0.15) is 5.56 Å². The first-order chi connectivity index (χ1) is 13.1. The fourth-order valence-electron chi connectivity index (χ4n) is 3.23. The van der Waals surface area contributed by atoms with Gasteiger partial charge < -0.3 is 19.3 Å². The van der Waals surface area contributed by atoms with E-state index in [4.69, 9.17) is 32.7 Å². The minimum atomic E-state index is -0.0254. The zero-order valence-corrected chi connectivity index (χ0v) is 16.0. The third kappa shape index (κ3) is 3.84. The number of benzene rings is 2. The van der Waals surface area contributed by atoms with Crippen LogP contribution in [0.2, 0.25) is 10.0 Å². The Morgan fingerprint density at radius 2 is 1.78 bits per heavy atom. The van der Waals surface area contributed by atoms with Gasteiger partial charge in [-0.2, -0.15) is 0 Å². The van der Waals surface area contributed by atoms with Gasteiger partial charge in [-0.25, -0.2) is 0 Å². The summed E-state index contributed by atoms with van der Waals surface area (Å²) >= 11 is 12.4. The van der Waals surface area contributed by atoms with E-state index in [9.17, 15) is 4.79 Å². The molecule has 0 spiro atoms. The molecular formula is C20H18Cl2N2O3. The molecule has 2 aromatic rings. The van der Waals surface area contributed by atoms with E-state index in [1.54, 1.807) is 18.2 Å². The van der Waals surface area contributed by atoms with Crippen molar-refractivity contribution in [3.05, 3.63) is 58.1 Å². The van der Waals surface area contributed by atoms with Gasteiger partial charge in [0.05, 0.1) is 15.7 Å². The number of amides is 1. The lowest BCUT2D eigenvalue weighted by Crippen LogP contribution is -2.48. The van der Waals surface area contributed by atoms with Gasteiger partial charge in [0.2, 0.25) is 12.7 Å². The average Bonchev–Trinajstić information content (AvgIpc) is 3.16. The van der Waals surface area contributed by atoms with Crippen LogP contribution in [0.5, 0.6) is 11.5 Å². The number of hydrogen-bond donors (Lipinski definition) is 0. The molecule has 1 amide bonds. The Bertz CT molecular complexity index is 893. The number of carbonyl (C=O) groups is 1. The summed E-state index contributed by atoms with van der Waals surface area (Å²) in [7, 11) is 0. The lowest BCUT2D eigenvalue weighted by Gasteiger charge is -2.36. The Kier molecular flexibility index (Phi) is 5.14. The number of halogens is 2. The number of rotatable bonds is 3. The maximum absolute atomic E-state index is 12.5. The maximum Gasteiger partial charge on any atom is 0.246 e. The number of para-hydroxylation sites is 1. The first-order valence-corrected chi connectivity index (χ1v) is 9.43. The summed E-state index contributed by atoms with van der Waals surface area (Å²) in [5.41, 5.74) is 1.81. The SMILES string of the molecule is O=C(/C=C/c1cc(Cl)c2c(c1)OCO2)N1CCN(c2ccccc2Cl)CC1. The van der Waals surface area contributed by atoms with Gasteiger partial charge in [-0.15, -0.1) is 0 Å². The first-order valence-electron chi connectivity index (χ1n) is 8.67. The lowest BCUT2D eigenvalue weighted by molar-refractivity contribution is -0.126. The Labute approximate surface area is 167 Å². The van der Waals surface area contributed by atoms with Crippen molar-refractivity contribution in [3.63, 3.8) is 0 Å². The maximum atomic E-state index is 12.5. The molecule has 2 aliphatic heterocycles. The molecule has 2 aromatic carbocycles. The molecule has 0 saturated carbocycles. The smallest absolute Gasteiger partial charge is 0.246 e. The Morgan fingerprint density at radius 3 is 2.56 bits per heavy atom. The van der Waals surface area contributed by atoms with Crippen molar-refractivity contribution >= 4 is 40.9 Å². The summed E-state index contributed by atoms with van der Waals surface area (Å²) < 4.78 is 10.6. The predicted octanol–water partition coefficient (Wildman–Crippen LogP) is 4.08. The fraction of sp³-hybridized carbons (Fsp3) is 0.250. The van der Waals surface area contributed by atoms with Crippen molar-refractivity contribution in [1.82, 2.24) is 4.90 Å². The van der Waals surface area contributed by atoms with Crippen LogP contribution in [-0.4, -0.2) is 43.8 Å². The van der Waals surface area contributed by atoms with Crippen LogP contribution in [0.3, 0.4) is 0 Å². The number of ether oxygens (including phenoxy) is 2. The van der Waals surface area contributed by atoms with E-state index in [1.165, 1.54) is 0 Å². The summed E-state index contributed by atoms with van der Waals surface area (Å²) in [6.45, 7) is 2.96. The molecule has 0 aromatic heterocycles. The van der Waals surface area contributed by atoms with Crippen molar-refractivity contribution in [2.45, 2.75) is 0 Å². The highest BCUT2D eigenvalue weighted by atomic mass is 35.5. The largest absolute Gasteiger partial charge is 0.454 e. The summed E-state index contributed by atoms with van der Waals surface area (Å²) in [6.07, 6.45) is 3.32. The van der Waals surface area contributed by atoms with E-state index in [-0.39, 0.29) is 12.7 Å². The van der Waals surface area contributed by atoms with Gasteiger partial charge in [0.15, 0.2) is 11.5 Å². The molecule has 2 aliphatic rings. The quantitative estimate of drug-likeness (QED) is 0.722. The zero-order valence-electron chi connectivity index (χ0n) is 14.5. The topological polar surface area (TPSA) is 42.0 Å². The van der Waals surface area contributed by atoms with E-state index in [1.807, 2.05) is 35.2 Å². The van der Waals surface area contributed by atoms with Crippen molar-refractivity contribution in [3.8, 4) is 11.5 Å². The highest BCUT2D eigenvalue weighted by Gasteiger charge is 2.21. The van der Waals surface area contributed by atoms with Crippen molar-refractivity contribution in [1.29, 1.82) is 0 Å². The van der Waals surface area contributed by atoms with Crippen LogP contribution >= 0.6 is 23.2 Å². The Balaban J connectivity index is 1.38. The molecule has 1 saturated heterocycles. The van der Waals surface area contributed by atoms with Crippen LogP contribution in [0, 0.1) is 0 Å². The minimum absolute atomic E-state index is 0.0254. The molecule has 0 bridgehead atoms. The standard InChI is InChI=1S/C20H18Cl2N2O3/c21-15-3-1-2-4-17(15)23-7-9-24(10-8-23)19(25)6-5-14-11-16(22)20-18(12-14)26-13-27-20/h1-6,11-12H,7-10,13H2/b6-5+. The molecule has 0 atom stereocenters. The summed E-state index contributed by atoms with van der Waals surface area (Å²) in [4.78, 5) is 16.5. The summed E-state index contributed by atoms with van der Waals surface area (Å²) in [5.74, 6) is 1.13. The molecule has 4 rings (SSSR count). The van der Waals surface area contributed by atoms with Gasteiger partial charge in [-0.1, -0.05) is 35.3 Å². The second kappa shape index (κ2) is 7.71. The monoisotopic (exact) mass is 404 g/mol. The lowest BCUT2D eigenvalue weighted by atomic mass is 10.1. The molecule has 0 aliphatic carbocycles. The van der Waals surface area contributed by atoms with Crippen LogP contribution in [-0.2, 0) is 4.79 Å². The van der Waals surface area contributed by atoms with Gasteiger partial charge in [0.1, 0.15) is 0 Å². The van der Waals surface area contributed by atoms with E-state index in [0.29, 0.717) is 29.6 Å². The van der Waals surface area contributed by atoms with E-state index < -0.39 is 0 Å². The van der Waals surface area contributed by atoms with Crippen molar-refractivity contribution < 1.29 is 14.3 Å². The molecule has 0 unspecified atom stereocenters. The van der Waals surface area contributed by atoms with E-state index in [0.717, 1.165) is 29.4 Å². The number of hydrogen-bond acceptors (Lipinski definition) is 4. The Hall–Kier alpha value is -2.37. The number of anilines is 1. The second-order valence-corrected chi connectivity index (χ2v) is 7.15. The van der Waals surface area contributed by atoms with Gasteiger partial charge in [-0.05, 0) is 35.9 Å². The number of nitrogens with zero attached hydrogens (tertiary/aromatic N) is 2. The van der Waals surface area contributed by atoms with Crippen LogP contribution < -0.4 is 14.4 Å². The number of fused-ring (bicyclic) bond motifs is 1. The number of piperazine rings is 1. The molecule has 27 heavy (non-hydrogen) atoms. The van der Waals surface area contributed by atoms with Crippen LogP contribution in [0.15, 0.2) is 42.5 Å². The molecule has 0 N–H and O–H groups in total. The highest BCUT2D eigenvalue weighted by Crippen LogP contribution is 2.40. The van der Waals surface area contributed by atoms with Gasteiger partial charge in [0.25, 0.3) is 0 Å². The van der Waals surface area contributed by atoms with E-state index in [2.05, 4.69) is 4.90 Å². The third-order valence-corrected chi connectivity index (χ3v) is 5.25. The molecule has 7 heteroatoms. The van der Waals surface area contributed by atoms with Crippen molar-refractivity contribution in [2.75, 3.05) is 37.9 Å². The zero-order chi connectivity index (χ0) is 18.8. The normalized spacial score (nSPS) is 16.2. The molecule has 5 nitrogen and oxygen atoms in total. The molecule has 0 radical (unpaired) electrons. The summed E-state index contributed by atoms with van der Waals surface area (Å²) in [5, 5.41) is 1.21. The second-order valence-electron chi connectivity index (χ2n) is 6.33. The predicted molar refractivity (Wildman–Crippen MR) is 107 cm³/mol. The van der Waals surface area contributed by atoms with Gasteiger partial charge in [0, 0.05) is 32.3 Å². The van der Waals surface area contributed by atoms with Gasteiger partial charge >= 0.3 is 0 Å². The molecular weight excluding hydrogens is 387 g/mol. The number of carbonyl (C=O) groups excluding carboxylic acids is 1. The highest BCUT2D eigenvalue weighted by molar-refractivity contribution is 6.33. The van der Waals surface area contributed by atoms with Crippen LogP contribution in [0.4, 0.5) is 5.69 Å². The van der Waals surface area contributed by atoms with Crippen LogP contribution in [0.25, 0.3) is 6.08 Å². The molecule has 1 fully saturated rings. The van der Waals surface area contributed by atoms with Crippen molar-refractivity contribution in [2.24, 2.45) is 0 Å². The summed E-state index contributed by atoms with van der Waals surface area (Å²) in [6, 6.07) is 11.3. The van der Waals surface area contributed by atoms with E-state index >= 15 is 0 Å². The fourth-order valence-corrected chi connectivity index (χ4v) is 3.76. The molecule has 140 valence electrons. The average molecular weight is 405 g/mol. The first kappa shape index (κ1) is 18.0. The molecule has 2 heterocycles.